The maximum Gasteiger partial charge on any atom is 0.224 e. The number of benzene rings is 1. The molecule has 1 rings (SSSR count). The third-order valence-electron chi connectivity index (χ3n) is 2.73. The van der Waals surface area contributed by atoms with Gasteiger partial charge in [-0.1, -0.05) is 18.5 Å². The minimum atomic E-state index is -0.422. The van der Waals surface area contributed by atoms with E-state index < -0.39 is 5.82 Å². The molecular formula is C13H18ClFN2O. The van der Waals surface area contributed by atoms with Gasteiger partial charge in [0.05, 0.1) is 10.7 Å². The van der Waals surface area contributed by atoms with Crippen molar-refractivity contribution in [3.05, 3.63) is 29.0 Å². The van der Waals surface area contributed by atoms with Crippen LogP contribution in [-0.4, -0.2) is 12.5 Å². The van der Waals surface area contributed by atoms with Gasteiger partial charge >= 0.3 is 0 Å². The summed E-state index contributed by atoms with van der Waals surface area (Å²) in [6.07, 6.45) is 2.10. The van der Waals surface area contributed by atoms with Gasteiger partial charge in [0.15, 0.2) is 0 Å². The average Bonchev–Trinajstić information content (AvgIpc) is 2.31. The highest BCUT2D eigenvalue weighted by atomic mass is 35.5. The molecule has 0 spiro atoms. The van der Waals surface area contributed by atoms with Gasteiger partial charge in [0.25, 0.3) is 0 Å². The lowest BCUT2D eigenvalue weighted by Crippen LogP contribution is -2.14. The van der Waals surface area contributed by atoms with Crippen LogP contribution in [0, 0.1) is 11.7 Å². The van der Waals surface area contributed by atoms with Crippen LogP contribution in [0.25, 0.3) is 0 Å². The Balaban J connectivity index is 2.44. The Hall–Kier alpha value is -1.13. The molecule has 0 heterocycles. The number of hydrogen-bond donors (Lipinski definition) is 2. The van der Waals surface area contributed by atoms with Crippen LogP contribution < -0.4 is 11.1 Å². The molecule has 1 atom stereocenters. The molecule has 0 saturated heterocycles. The first-order chi connectivity index (χ1) is 8.52. The zero-order valence-electron chi connectivity index (χ0n) is 10.4. The summed E-state index contributed by atoms with van der Waals surface area (Å²) in [6, 6.07) is 3.89. The Morgan fingerprint density at radius 2 is 2.22 bits per heavy atom. The lowest BCUT2D eigenvalue weighted by Gasteiger charge is -2.10. The van der Waals surface area contributed by atoms with Crippen molar-refractivity contribution in [3.63, 3.8) is 0 Å². The lowest BCUT2D eigenvalue weighted by atomic mass is 10.0. The first-order valence-corrected chi connectivity index (χ1v) is 6.35. The molecule has 0 saturated carbocycles. The molecule has 18 heavy (non-hydrogen) atoms. The second-order valence-corrected chi connectivity index (χ2v) is 4.80. The maximum atomic E-state index is 12.8. The van der Waals surface area contributed by atoms with Crippen LogP contribution in [0.2, 0.25) is 5.02 Å². The van der Waals surface area contributed by atoms with Crippen LogP contribution in [0.5, 0.6) is 0 Å². The number of rotatable bonds is 6. The van der Waals surface area contributed by atoms with Crippen molar-refractivity contribution < 1.29 is 9.18 Å². The van der Waals surface area contributed by atoms with E-state index in [-0.39, 0.29) is 10.9 Å². The van der Waals surface area contributed by atoms with Crippen LogP contribution in [0.4, 0.5) is 10.1 Å². The third-order valence-corrected chi connectivity index (χ3v) is 3.04. The summed E-state index contributed by atoms with van der Waals surface area (Å²) in [7, 11) is 0. The van der Waals surface area contributed by atoms with E-state index in [1.807, 2.05) is 0 Å². The minimum absolute atomic E-state index is 0.118. The van der Waals surface area contributed by atoms with Gasteiger partial charge in [-0.3, -0.25) is 4.79 Å². The van der Waals surface area contributed by atoms with E-state index in [1.54, 1.807) is 0 Å². The van der Waals surface area contributed by atoms with E-state index in [0.29, 0.717) is 24.6 Å². The Morgan fingerprint density at radius 3 is 2.83 bits per heavy atom. The summed E-state index contributed by atoms with van der Waals surface area (Å²) >= 11 is 5.81. The summed E-state index contributed by atoms with van der Waals surface area (Å²) in [5.41, 5.74) is 5.88. The number of halogens is 2. The molecule has 0 aromatic heterocycles. The number of anilines is 1. The van der Waals surface area contributed by atoms with Crippen molar-refractivity contribution >= 4 is 23.2 Å². The Morgan fingerprint density at radius 1 is 1.50 bits per heavy atom. The van der Waals surface area contributed by atoms with Gasteiger partial charge in [-0.05, 0) is 43.5 Å². The first kappa shape index (κ1) is 14.9. The van der Waals surface area contributed by atoms with Crippen molar-refractivity contribution in [3.8, 4) is 0 Å². The summed E-state index contributed by atoms with van der Waals surface area (Å²) < 4.78 is 12.8. The largest absolute Gasteiger partial charge is 0.330 e. The van der Waals surface area contributed by atoms with E-state index in [9.17, 15) is 9.18 Å². The molecule has 0 bridgehead atoms. The molecule has 0 fully saturated rings. The molecule has 5 heteroatoms. The Kier molecular flexibility index (Phi) is 6.09. The molecule has 1 unspecified atom stereocenters. The highest BCUT2D eigenvalue weighted by Gasteiger charge is 2.09. The third kappa shape index (κ3) is 5.02. The van der Waals surface area contributed by atoms with E-state index in [2.05, 4.69) is 12.2 Å². The molecule has 0 aliphatic rings. The van der Waals surface area contributed by atoms with Gasteiger partial charge in [0.2, 0.25) is 5.91 Å². The van der Waals surface area contributed by atoms with Crippen LogP contribution in [0.1, 0.15) is 26.2 Å². The van der Waals surface area contributed by atoms with Gasteiger partial charge in [-0.25, -0.2) is 4.39 Å². The SMILES string of the molecule is CC(CCN)CCC(=O)Nc1ccc(F)cc1Cl. The quantitative estimate of drug-likeness (QED) is 0.836. The maximum absolute atomic E-state index is 12.8. The molecule has 0 radical (unpaired) electrons. The summed E-state index contributed by atoms with van der Waals surface area (Å²) in [4.78, 5) is 11.7. The van der Waals surface area contributed by atoms with Crippen molar-refractivity contribution in [1.29, 1.82) is 0 Å². The van der Waals surface area contributed by atoms with Crippen LogP contribution >= 0.6 is 11.6 Å². The predicted octanol–water partition coefficient (Wildman–Crippen LogP) is 3.18. The van der Waals surface area contributed by atoms with Crippen molar-refractivity contribution in [2.45, 2.75) is 26.2 Å². The molecular weight excluding hydrogens is 255 g/mol. The molecule has 1 amide bonds. The molecule has 3 nitrogen and oxygen atoms in total. The molecule has 3 N–H and O–H groups in total. The number of nitrogens with two attached hydrogens (primary N) is 1. The number of carbonyl (C=O) groups is 1. The molecule has 1 aromatic carbocycles. The summed E-state index contributed by atoms with van der Waals surface area (Å²) in [6.45, 7) is 2.69. The zero-order valence-corrected chi connectivity index (χ0v) is 11.1. The second kappa shape index (κ2) is 7.34. The fourth-order valence-electron chi connectivity index (χ4n) is 1.61. The normalized spacial score (nSPS) is 12.2. The van der Waals surface area contributed by atoms with Crippen LogP contribution in [0.3, 0.4) is 0 Å². The monoisotopic (exact) mass is 272 g/mol. The number of nitrogens with one attached hydrogen (secondary N) is 1. The van der Waals surface area contributed by atoms with Gasteiger partial charge in [0, 0.05) is 6.42 Å². The average molecular weight is 273 g/mol. The van der Waals surface area contributed by atoms with Gasteiger partial charge in [0.1, 0.15) is 5.82 Å². The standard InChI is InChI=1S/C13H18ClFN2O/c1-9(6-7-16)2-5-13(18)17-12-4-3-10(15)8-11(12)14/h3-4,8-9H,2,5-7,16H2,1H3,(H,17,18). The fourth-order valence-corrected chi connectivity index (χ4v) is 1.82. The number of hydrogen-bond acceptors (Lipinski definition) is 2. The minimum Gasteiger partial charge on any atom is -0.330 e. The lowest BCUT2D eigenvalue weighted by molar-refractivity contribution is -0.116. The van der Waals surface area contributed by atoms with E-state index in [1.165, 1.54) is 18.2 Å². The molecule has 100 valence electrons. The van der Waals surface area contributed by atoms with Crippen LogP contribution in [-0.2, 0) is 4.79 Å². The van der Waals surface area contributed by atoms with E-state index in [4.69, 9.17) is 17.3 Å². The molecule has 1 aromatic rings. The van der Waals surface area contributed by atoms with Gasteiger partial charge < -0.3 is 11.1 Å². The first-order valence-electron chi connectivity index (χ1n) is 5.98. The molecule has 0 aliphatic heterocycles. The molecule has 0 aliphatic carbocycles. The Labute approximate surface area is 112 Å². The van der Waals surface area contributed by atoms with Crippen LogP contribution in [0.15, 0.2) is 18.2 Å². The summed E-state index contributed by atoms with van der Waals surface area (Å²) in [5, 5.41) is 2.87. The fraction of sp³-hybridized carbons (Fsp3) is 0.462. The van der Waals surface area contributed by atoms with Crippen molar-refractivity contribution in [2.75, 3.05) is 11.9 Å². The second-order valence-electron chi connectivity index (χ2n) is 4.39. The van der Waals surface area contributed by atoms with E-state index >= 15 is 0 Å². The smallest absolute Gasteiger partial charge is 0.224 e. The van der Waals surface area contributed by atoms with E-state index in [0.717, 1.165) is 12.8 Å². The predicted molar refractivity (Wildman–Crippen MR) is 72.1 cm³/mol. The Bertz CT molecular complexity index is 412. The van der Waals surface area contributed by atoms with Crippen molar-refractivity contribution in [1.82, 2.24) is 0 Å². The van der Waals surface area contributed by atoms with Gasteiger partial charge in [-0.15, -0.1) is 0 Å². The zero-order chi connectivity index (χ0) is 13.5. The number of carbonyl (C=O) groups excluding carboxylic acids is 1. The van der Waals surface area contributed by atoms with Crippen molar-refractivity contribution in [2.24, 2.45) is 11.7 Å². The van der Waals surface area contributed by atoms with Gasteiger partial charge in [-0.2, -0.15) is 0 Å². The highest BCUT2D eigenvalue weighted by Crippen LogP contribution is 2.22. The highest BCUT2D eigenvalue weighted by molar-refractivity contribution is 6.33. The summed E-state index contributed by atoms with van der Waals surface area (Å²) in [5.74, 6) is -0.119. The number of amides is 1. The topological polar surface area (TPSA) is 55.1 Å².